The van der Waals surface area contributed by atoms with Crippen molar-refractivity contribution in [2.45, 2.75) is 65.9 Å². The Kier molecular flexibility index (Phi) is 4.64. The van der Waals surface area contributed by atoms with Crippen LogP contribution < -0.4 is 0 Å². The zero-order chi connectivity index (χ0) is 11.5. The van der Waals surface area contributed by atoms with Gasteiger partial charge in [0, 0.05) is 6.61 Å². The molecule has 0 amide bonds. The Morgan fingerprint density at radius 2 is 1.93 bits per heavy atom. The van der Waals surface area contributed by atoms with Crippen LogP contribution in [-0.4, -0.2) is 12.2 Å². The number of rotatable bonds is 4. The molecule has 1 aliphatic rings. The van der Waals surface area contributed by atoms with E-state index in [2.05, 4.69) is 34.6 Å². The number of ether oxygens (including phenoxy) is 1. The predicted octanol–water partition coefficient (Wildman–Crippen LogP) is 4.26. The molecule has 0 aromatic carbocycles. The molecule has 0 aliphatic heterocycles. The lowest BCUT2D eigenvalue weighted by atomic mass is 9.73. The molecule has 0 heterocycles. The lowest BCUT2D eigenvalue weighted by molar-refractivity contribution is -0.119. The molecule has 2 atom stereocenters. The van der Waals surface area contributed by atoms with E-state index in [-0.39, 0.29) is 5.60 Å². The molecular formula is C14H28O. The molecule has 1 aliphatic carbocycles. The maximum absolute atomic E-state index is 6.26. The molecule has 1 fully saturated rings. The summed E-state index contributed by atoms with van der Waals surface area (Å²) in [5, 5.41) is 0. The van der Waals surface area contributed by atoms with Crippen LogP contribution in [0.3, 0.4) is 0 Å². The Morgan fingerprint density at radius 3 is 2.40 bits per heavy atom. The first kappa shape index (κ1) is 13.0. The van der Waals surface area contributed by atoms with Gasteiger partial charge < -0.3 is 4.74 Å². The smallest absolute Gasteiger partial charge is 0.0708 e. The first-order valence-corrected chi connectivity index (χ1v) is 6.60. The van der Waals surface area contributed by atoms with Gasteiger partial charge in [-0.25, -0.2) is 0 Å². The van der Waals surface area contributed by atoms with E-state index in [4.69, 9.17) is 4.74 Å². The monoisotopic (exact) mass is 212 g/mol. The van der Waals surface area contributed by atoms with Crippen LogP contribution in [0.1, 0.15) is 60.3 Å². The van der Waals surface area contributed by atoms with Crippen LogP contribution in [0.25, 0.3) is 0 Å². The van der Waals surface area contributed by atoms with Gasteiger partial charge in [0.05, 0.1) is 5.60 Å². The summed E-state index contributed by atoms with van der Waals surface area (Å²) in [6, 6.07) is 0. The minimum absolute atomic E-state index is 0.182. The van der Waals surface area contributed by atoms with E-state index in [1.807, 2.05) is 0 Å². The zero-order valence-corrected chi connectivity index (χ0v) is 11.2. The Hall–Kier alpha value is -0.0400. The molecule has 0 radical (unpaired) electrons. The standard InChI is InChI=1S/C14H28O/c1-11(2)10-15-14(12(3)4)8-6-7-13(5)9-14/h11-13H,6-10H2,1-5H3. The second-order valence-corrected chi connectivity index (χ2v) is 6.13. The number of hydrogen-bond donors (Lipinski definition) is 0. The van der Waals surface area contributed by atoms with Crippen molar-refractivity contribution in [3.05, 3.63) is 0 Å². The molecule has 1 saturated carbocycles. The number of hydrogen-bond acceptors (Lipinski definition) is 1. The third-order valence-corrected chi connectivity index (χ3v) is 3.75. The van der Waals surface area contributed by atoms with Gasteiger partial charge in [-0.3, -0.25) is 0 Å². The van der Waals surface area contributed by atoms with E-state index in [0.29, 0.717) is 11.8 Å². The Labute approximate surface area is 95.6 Å². The van der Waals surface area contributed by atoms with E-state index in [9.17, 15) is 0 Å². The summed E-state index contributed by atoms with van der Waals surface area (Å²) in [4.78, 5) is 0. The van der Waals surface area contributed by atoms with Gasteiger partial charge >= 0.3 is 0 Å². The zero-order valence-electron chi connectivity index (χ0n) is 11.2. The molecule has 1 heteroatoms. The van der Waals surface area contributed by atoms with Crippen molar-refractivity contribution in [2.24, 2.45) is 17.8 Å². The van der Waals surface area contributed by atoms with Gasteiger partial charge in [-0.2, -0.15) is 0 Å². The second-order valence-electron chi connectivity index (χ2n) is 6.13. The Bertz CT molecular complexity index is 186. The predicted molar refractivity (Wildman–Crippen MR) is 66.0 cm³/mol. The highest BCUT2D eigenvalue weighted by Gasteiger charge is 2.38. The molecule has 0 spiro atoms. The molecule has 1 rings (SSSR count). The third-order valence-electron chi connectivity index (χ3n) is 3.75. The first-order chi connectivity index (χ1) is 6.96. The quantitative estimate of drug-likeness (QED) is 0.676. The van der Waals surface area contributed by atoms with Crippen LogP contribution in [0.4, 0.5) is 0 Å². The average molecular weight is 212 g/mol. The van der Waals surface area contributed by atoms with Crippen molar-refractivity contribution >= 4 is 0 Å². The van der Waals surface area contributed by atoms with Crippen LogP contribution in [0.2, 0.25) is 0 Å². The maximum atomic E-state index is 6.26. The highest BCUT2D eigenvalue weighted by atomic mass is 16.5. The molecule has 90 valence electrons. The molecule has 0 bridgehead atoms. The molecular weight excluding hydrogens is 184 g/mol. The summed E-state index contributed by atoms with van der Waals surface area (Å²) in [6.45, 7) is 12.4. The first-order valence-electron chi connectivity index (χ1n) is 6.60. The SMILES string of the molecule is CC(C)COC1(C(C)C)CCCC(C)C1. The van der Waals surface area contributed by atoms with Gasteiger partial charge in [-0.1, -0.05) is 47.5 Å². The topological polar surface area (TPSA) is 9.23 Å². The molecule has 0 aromatic rings. The molecule has 0 N–H and O–H groups in total. The summed E-state index contributed by atoms with van der Waals surface area (Å²) in [6.07, 6.45) is 5.26. The lowest BCUT2D eigenvalue weighted by Crippen LogP contribution is -2.43. The molecule has 2 unspecified atom stereocenters. The van der Waals surface area contributed by atoms with E-state index in [0.717, 1.165) is 12.5 Å². The van der Waals surface area contributed by atoms with E-state index in [1.54, 1.807) is 0 Å². The van der Waals surface area contributed by atoms with Gasteiger partial charge in [0.1, 0.15) is 0 Å². The maximum Gasteiger partial charge on any atom is 0.0708 e. The van der Waals surface area contributed by atoms with Crippen LogP contribution in [-0.2, 0) is 4.74 Å². The van der Waals surface area contributed by atoms with Gasteiger partial charge in [0.2, 0.25) is 0 Å². The third kappa shape index (κ3) is 3.48. The molecule has 1 nitrogen and oxygen atoms in total. The van der Waals surface area contributed by atoms with Gasteiger partial charge in [-0.15, -0.1) is 0 Å². The Balaban J connectivity index is 2.60. The van der Waals surface area contributed by atoms with E-state index in [1.165, 1.54) is 25.7 Å². The van der Waals surface area contributed by atoms with Gasteiger partial charge in [-0.05, 0) is 30.6 Å². The van der Waals surface area contributed by atoms with Crippen LogP contribution >= 0.6 is 0 Å². The molecule has 0 aromatic heterocycles. The van der Waals surface area contributed by atoms with Crippen molar-refractivity contribution in [3.63, 3.8) is 0 Å². The fraction of sp³-hybridized carbons (Fsp3) is 1.00. The Morgan fingerprint density at radius 1 is 1.27 bits per heavy atom. The van der Waals surface area contributed by atoms with Crippen LogP contribution in [0, 0.1) is 17.8 Å². The lowest BCUT2D eigenvalue weighted by Gasteiger charge is -2.43. The van der Waals surface area contributed by atoms with Gasteiger partial charge in [0.25, 0.3) is 0 Å². The van der Waals surface area contributed by atoms with Crippen molar-refractivity contribution in [2.75, 3.05) is 6.61 Å². The largest absolute Gasteiger partial charge is 0.374 e. The van der Waals surface area contributed by atoms with Gasteiger partial charge in [0.15, 0.2) is 0 Å². The summed E-state index contributed by atoms with van der Waals surface area (Å²) < 4.78 is 6.26. The van der Waals surface area contributed by atoms with E-state index < -0.39 is 0 Å². The normalized spacial score (nSPS) is 32.6. The average Bonchev–Trinajstić information content (AvgIpc) is 2.14. The minimum atomic E-state index is 0.182. The molecule has 0 saturated heterocycles. The fourth-order valence-electron chi connectivity index (χ4n) is 2.70. The summed E-state index contributed by atoms with van der Waals surface area (Å²) in [5.74, 6) is 2.14. The fourth-order valence-corrected chi connectivity index (χ4v) is 2.70. The van der Waals surface area contributed by atoms with Crippen molar-refractivity contribution in [1.82, 2.24) is 0 Å². The summed E-state index contributed by atoms with van der Waals surface area (Å²) in [5.41, 5.74) is 0.182. The molecule has 15 heavy (non-hydrogen) atoms. The van der Waals surface area contributed by atoms with Crippen LogP contribution in [0.5, 0.6) is 0 Å². The van der Waals surface area contributed by atoms with Crippen LogP contribution in [0.15, 0.2) is 0 Å². The highest BCUT2D eigenvalue weighted by molar-refractivity contribution is 4.89. The second kappa shape index (κ2) is 5.34. The summed E-state index contributed by atoms with van der Waals surface area (Å²) >= 11 is 0. The summed E-state index contributed by atoms with van der Waals surface area (Å²) in [7, 11) is 0. The van der Waals surface area contributed by atoms with Crippen molar-refractivity contribution in [3.8, 4) is 0 Å². The van der Waals surface area contributed by atoms with E-state index >= 15 is 0 Å². The highest BCUT2D eigenvalue weighted by Crippen LogP contribution is 2.40. The minimum Gasteiger partial charge on any atom is -0.374 e. The van der Waals surface area contributed by atoms with Crippen molar-refractivity contribution in [1.29, 1.82) is 0 Å². The van der Waals surface area contributed by atoms with Crippen molar-refractivity contribution < 1.29 is 4.74 Å².